The van der Waals surface area contributed by atoms with Gasteiger partial charge in [0.15, 0.2) is 0 Å². The minimum atomic E-state index is -1.18. The smallest absolute Gasteiger partial charge is 0.0587 e. The molecule has 0 atom stereocenters. The molecule has 0 bridgehead atoms. The molecule has 0 amide bonds. The summed E-state index contributed by atoms with van der Waals surface area (Å²) in [6.45, 7) is 6.83. The number of rotatable bonds is 6. The van der Waals surface area contributed by atoms with E-state index in [0.29, 0.717) is 0 Å². The molecule has 0 N–H and O–H groups in total. The van der Waals surface area contributed by atoms with Crippen LogP contribution in [0.5, 0.6) is 0 Å². The van der Waals surface area contributed by atoms with Crippen LogP contribution >= 0.6 is 0 Å². The van der Waals surface area contributed by atoms with E-state index >= 15 is 0 Å². The molecule has 0 saturated heterocycles. The fourth-order valence-electron chi connectivity index (χ4n) is 1.17. The van der Waals surface area contributed by atoms with Gasteiger partial charge in [0.05, 0.1) is 0 Å². The first-order valence-electron chi connectivity index (χ1n) is 6.66. The average Bonchev–Trinajstić information content (AvgIpc) is 2.34. The van der Waals surface area contributed by atoms with Crippen molar-refractivity contribution < 1.29 is 24.1 Å². The Morgan fingerprint density at radius 3 is 2.37 bits per heavy atom. The molecule has 0 unspecified atom stereocenters. The zero-order valence-electron chi connectivity index (χ0n) is 12.5. The van der Waals surface area contributed by atoms with Crippen LogP contribution < -0.4 is 0 Å². The van der Waals surface area contributed by atoms with Crippen LogP contribution in [0.1, 0.15) is 32.1 Å². The molecule has 3 heteroatoms. The van der Waals surface area contributed by atoms with Gasteiger partial charge in [-0.3, -0.25) is 0 Å². The summed E-state index contributed by atoms with van der Waals surface area (Å²) in [4.78, 5) is 0. The van der Waals surface area contributed by atoms with Crippen molar-refractivity contribution in [1.82, 2.24) is 0 Å². The van der Waals surface area contributed by atoms with Crippen LogP contribution in [0, 0.1) is 23.3 Å². The van der Waals surface area contributed by atoms with Crippen molar-refractivity contribution >= 4 is 12.2 Å². The average molecular weight is 444 g/mol. The molecule has 19 heavy (non-hydrogen) atoms. The summed E-state index contributed by atoms with van der Waals surface area (Å²) in [6, 6.07) is 0. The van der Waals surface area contributed by atoms with Gasteiger partial charge in [0.1, 0.15) is 8.07 Å². The summed E-state index contributed by atoms with van der Waals surface area (Å²) in [5.74, 6) is 9.69. The van der Waals surface area contributed by atoms with E-state index in [1.807, 2.05) is 6.08 Å². The minimum Gasteiger partial charge on any atom is -0.0587 e. The maximum atomic E-state index is 5.08. The molecule has 0 aliphatic carbocycles. The van der Waals surface area contributed by atoms with Gasteiger partial charge in [0.25, 0.3) is 0 Å². The number of allylic oxidation sites excluding steroid dienone is 1. The van der Waals surface area contributed by atoms with Crippen LogP contribution in [-0.4, -0.2) is 19.3 Å². The van der Waals surface area contributed by atoms with E-state index in [4.69, 9.17) is 4.74 Å². The van der Waals surface area contributed by atoms with E-state index < -0.39 is 8.07 Å². The second-order valence-corrected chi connectivity index (χ2v) is 11.4. The first kappa shape index (κ1) is 18.6. The van der Waals surface area contributed by atoms with Gasteiger partial charge in [0.2, 0.25) is 0 Å². The normalized spacial score (nSPS) is 10.5. The zero-order valence-corrected chi connectivity index (χ0v) is 16.4. The molecule has 0 spiro atoms. The maximum absolute atomic E-state index is 5.08. The summed E-state index contributed by atoms with van der Waals surface area (Å²) in [5.41, 5.74) is 3.38. The fourth-order valence-corrected chi connectivity index (χ4v) is 2.17. The van der Waals surface area contributed by atoms with Gasteiger partial charge in [-0.1, -0.05) is 19.6 Å². The molecule has 0 radical (unpaired) electrons. The van der Waals surface area contributed by atoms with Crippen LogP contribution in [0.15, 0.2) is 12.2 Å². The summed E-state index contributed by atoms with van der Waals surface area (Å²) in [5, 5.41) is 0. The van der Waals surface area contributed by atoms with Gasteiger partial charge in [-0.15, -0.1) is 0 Å². The Morgan fingerprint density at radius 2 is 1.74 bits per heavy atom. The molecule has 0 saturated carbocycles. The van der Waals surface area contributed by atoms with E-state index in [0.717, 1.165) is 36.2 Å². The van der Waals surface area contributed by atoms with Gasteiger partial charge < -0.3 is 0 Å². The van der Waals surface area contributed by atoms with Crippen molar-refractivity contribution in [3.05, 3.63) is 12.2 Å². The minimum absolute atomic E-state index is 0.934. The van der Waals surface area contributed by atoms with E-state index in [2.05, 4.69) is 49.0 Å². The molecule has 0 heterocycles. The predicted octanol–water partition coefficient (Wildman–Crippen LogP) is 3.70. The van der Waals surface area contributed by atoms with Gasteiger partial charge >= 0.3 is 103 Å². The van der Waals surface area contributed by atoms with Gasteiger partial charge in [-0.25, -0.2) is 0 Å². The van der Waals surface area contributed by atoms with Crippen molar-refractivity contribution in [2.24, 2.45) is 0 Å². The Morgan fingerprint density at radius 1 is 1.11 bits per heavy atom. The monoisotopic (exact) mass is 444 g/mol. The molecule has 0 aliphatic heterocycles. The van der Waals surface area contributed by atoms with E-state index in [-0.39, 0.29) is 0 Å². The fraction of sp³-hybridized carbons (Fsp3) is 0.562. The Labute approximate surface area is 130 Å². The summed E-state index contributed by atoms with van der Waals surface area (Å²) >= 11 is 1.36. The Balaban J connectivity index is 3.58. The SMILES string of the molecule is CO[C](=[W])/C=C/CCC#CCCCC#C[Si](C)(C)C. The molecule has 1 nitrogen and oxygen atoms in total. The summed E-state index contributed by atoms with van der Waals surface area (Å²) < 4.78 is 6.10. The van der Waals surface area contributed by atoms with Crippen molar-refractivity contribution in [2.45, 2.75) is 51.7 Å². The van der Waals surface area contributed by atoms with Crippen LogP contribution in [0.2, 0.25) is 19.6 Å². The van der Waals surface area contributed by atoms with Crippen molar-refractivity contribution in [2.75, 3.05) is 7.11 Å². The van der Waals surface area contributed by atoms with Crippen molar-refractivity contribution in [1.29, 1.82) is 0 Å². The van der Waals surface area contributed by atoms with Gasteiger partial charge in [0, 0.05) is 0 Å². The molecular formula is C16H24OSiW. The Kier molecular flexibility index (Phi) is 11.2. The quantitative estimate of drug-likeness (QED) is 0.345. The van der Waals surface area contributed by atoms with Crippen LogP contribution in [0.4, 0.5) is 0 Å². The number of hydrogen-bond donors (Lipinski definition) is 0. The van der Waals surface area contributed by atoms with Crippen molar-refractivity contribution in [3.8, 4) is 23.3 Å². The third kappa shape index (κ3) is 15.5. The van der Waals surface area contributed by atoms with E-state index in [1.54, 1.807) is 7.11 Å². The van der Waals surface area contributed by atoms with Gasteiger partial charge in [-0.2, -0.15) is 0 Å². The third-order valence-corrected chi connectivity index (χ3v) is 4.10. The summed E-state index contributed by atoms with van der Waals surface area (Å²) in [7, 11) is 0.530. The second kappa shape index (κ2) is 11.4. The van der Waals surface area contributed by atoms with Crippen molar-refractivity contribution in [3.63, 3.8) is 0 Å². The molecular weight excluding hydrogens is 420 g/mol. The van der Waals surface area contributed by atoms with Crippen LogP contribution in [0.3, 0.4) is 0 Å². The van der Waals surface area contributed by atoms with Crippen LogP contribution in [0.25, 0.3) is 0 Å². The van der Waals surface area contributed by atoms with E-state index in [1.165, 1.54) is 19.4 Å². The number of ether oxygens (including phenoxy) is 1. The number of methoxy groups -OCH3 is 1. The molecule has 0 aromatic rings. The Hall–Kier alpha value is -0.405. The topological polar surface area (TPSA) is 9.23 Å². The molecule has 0 aromatic carbocycles. The molecule has 0 fully saturated rings. The Bertz CT molecular complexity index is 410. The number of unbranched alkanes of at least 4 members (excludes halogenated alkanes) is 3. The molecule has 0 aromatic heterocycles. The standard InChI is InChI=1S/C16H24OSi.W/c1-17-15-13-11-9-7-5-6-8-10-12-14-16-18(2,3)4;/h11,13H,7-10,12H2,1-4H3;/b13-11+;. The molecule has 104 valence electrons. The summed E-state index contributed by atoms with van der Waals surface area (Å²) in [6.07, 6.45) is 9.15. The predicted molar refractivity (Wildman–Crippen MR) is 83.1 cm³/mol. The third-order valence-electron chi connectivity index (χ3n) is 2.08. The number of hydrogen-bond acceptors (Lipinski definition) is 1. The van der Waals surface area contributed by atoms with Gasteiger partial charge in [-0.05, 0) is 0 Å². The molecule has 0 rings (SSSR count). The first-order chi connectivity index (χ1) is 8.95. The zero-order chi connectivity index (χ0) is 14.6. The van der Waals surface area contributed by atoms with Crippen LogP contribution in [-0.2, 0) is 24.1 Å². The second-order valence-electron chi connectivity index (χ2n) is 5.22. The van der Waals surface area contributed by atoms with E-state index in [9.17, 15) is 0 Å². The molecule has 0 aliphatic rings. The first-order valence-corrected chi connectivity index (χ1v) is 11.6.